The summed E-state index contributed by atoms with van der Waals surface area (Å²) < 4.78 is 5.61. The third-order valence-electron chi connectivity index (χ3n) is 3.00. The van der Waals surface area contributed by atoms with E-state index in [0.717, 1.165) is 22.8 Å². The Morgan fingerprint density at radius 3 is 1.95 bits per heavy atom. The molecule has 116 valence electrons. The molecule has 0 bridgehead atoms. The largest absolute Gasteiger partial charge is 0.491 e. The quantitative estimate of drug-likeness (QED) is 0.821. The molecule has 0 heterocycles. The molecule has 2 aromatic rings. The number of carbonyl (C=O) groups is 1. The van der Waals surface area contributed by atoms with Gasteiger partial charge in [0.05, 0.1) is 6.10 Å². The predicted octanol–water partition coefficient (Wildman–Crippen LogP) is 4.57. The zero-order valence-electron chi connectivity index (χ0n) is 13.2. The number of nitrogens with one attached hydrogen (secondary N) is 2. The van der Waals surface area contributed by atoms with Crippen LogP contribution in [-0.2, 0) is 4.79 Å². The van der Waals surface area contributed by atoms with Crippen molar-refractivity contribution in [3.8, 4) is 5.75 Å². The molecule has 0 spiro atoms. The molecular weight excluding hydrogens is 276 g/mol. The molecule has 0 atom stereocenters. The monoisotopic (exact) mass is 298 g/mol. The lowest BCUT2D eigenvalue weighted by Crippen LogP contribution is -2.09. The molecule has 0 aromatic heterocycles. The highest BCUT2D eigenvalue weighted by Gasteiger charge is 2.01. The van der Waals surface area contributed by atoms with Gasteiger partial charge in [0.25, 0.3) is 0 Å². The van der Waals surface area contributed by atoms with Gasteiger partial charge in [0.1, 0.15) is 5.75 Å². The molecule has 0 radical (unpaired) electrons. The topological polar surface area (TPSA) is 50.4 Å². The number of anilines is 3. The van der Waals surface area contributed by atoms with Crippen LogP contribution in [0.3, 0.4) is 0 Å². The van der Waals surface area contributed by atoms with Gasteiger partial charge in [0.2, 0.25) is 5.91 Å². The molecule has 2 rings (SSSR count). The van der Waals surface area contributed by atoms with Crippen LogP contribution in [0.1, 0.15) is 27.2 Å². The number of carbonyl (C=O) groups excluding carboxylic acids is 1. The van der Waals surface area contributed by atoms with Gasteiger partial charge in [0.15, 0.2) is 0 Å². The summed E-state index contributed by atoms with van der Waals surface area (Å²) in [5, 5.41) is 6.14. The van der Waals surface area contributed by atoms with Gasteiger partial charge >= 0.3 is 0 Å². The average molecular weight is 298 g/mol. The summed E-state index contributed by atoms with van der Waals surface area (Å²) in [7, 11) is 0. The molecule has 0 saturated heterocycles. The van der Waals surface area contributed by atoms with Crippen molar-refractivity contribution in [2.45, 2.75) is 33.3 Å². The van der Waals surface area contributed by atoms with E-state index in [-0.39, 0.29) is 12.0 Å². The van der Waals surface area contributed by atoms with E-state index >= 15 is 0 Å². The van der Waals surface area contributed by atoms with Gasteiger partial charge in [-0.1, -0.05) is 6.92 Å². The summed E-state index contributed by atoms with van der Waals surface area (Å²) in [4.78, 5) is 11.3. The van der Waals surface area contributed by atoms with E-state index in [9.17, 15) is 4.79 Å². The maximum absolute atomic E-state index is 11.3. The molecule has 0 fully saturated rings. The van der Waals surface area contributed by atoms with E-state index in [2.05, 4.69) is 10.6 Å². The Bertz CT molecular complexity index is 604. The first-order chi connectivity index (χ1) is 10.6. The Hall–Kier alpha value is -2.49. The highest BCUT2D eigenvalue weighted by atomic mass is 16.5. The van der Waals surface area contributed by atoms with E-state index in [1.807, 2.05) is 69.3 Å². The van der Waals surface area contributed by atoms with Crippen molar-refractivity contribution in [1.82, 2.24) is 0 Å². The lowest BCUT2D eigenvalue weighted by Gasteiger charge is -2.11. The molecule has 0 saturated carbocycles. The standard InChI is InChI=1S/C18H22N2O2/c1-4-18(21)20-16-7-5-14(6-8-16)19-15-9-11-17(12-10-15)22-13(2)3/h5-13,19H,4H2,1-3H3,(H,20,21). The fourth-order valence-corrected chi connectivity index (χ4v) is 1.94. The van der Waals surface area contributed by atoms with Crippen molar-refractivity contribution in [3.05, 3.63) is 48.5 Å². The van der Waals surface area contributed by atoms with Gasteiger partial charge in [-0.05, 0) is 62.4 Å². The Kier molecular flexibility index (Phi) is 5.42. The number of amides is 1. The van der Waals surface area contributed by atoms with Gasteiger partial charge in [-0.15, -0.1) is 0 Å². The summed E-state index contributed by atoms with van der Waals surface area (Å²) in [5.74, 6) is 0.875. The van der Waals surface area contributed by atoms with E-state index in [4.69, 9.17) is 4.74 Å². The van der Waals surface area contributed by atoms with Crippen LogP contribution in [0.4, 0.5) is 17.1 Å². The van der Waals surface area contributed by atoms with Crippen molar-refractivity contribution < 1.29 is 9.53 Å². The molecular formula is C18H22N2O2. The van der Waals surface area contributed by atoms with Crippen LogP contribution in [0.2, 0.25) is 0 Å². The molecule has 22 heavy (non-hydrogen) atoms. The van der Waals surface area contributed by atoms with Crippen molar-refractivity contribution in [3.63, 3.8) is 0 Å². The molecule has 4 nitrogen and oxygen atoms in total. The molecule has 1 amide bonds. The maximum atomic E-state index is 11.3. The molecule has 0 aliphatic heterocycles. The first kappa shape index (κ1) is 15.9. The van der Waals surface area contributed by atoms with Crippen LogP contribution in [0.25, 0.3) is 0 Å². The number of hydrogen-bond donors (Lipinski definition) is 2. The number of hydrogen-bond acceptors (Lipinski definition) is 3. The minimum Gasteiger partial charge on any atom is -0.491 e. The first-order valence-electron chi connectivity index (χ1n) is 7.50. The van der Waals surface area contributed by atoms with Crippen molar-refractivity contribution >= 4 is 23.0 Å². The van der Waals surface area contributed by atoms with Crippen molar-refractivity contribution in [2.24, 2.45) is 0 Å². The zero-order chi connectivity index (χ0) is 15.9. The fourth-order valence-electron chi connectivity index (χ4n) is 1.94. The molecule has 0 aliphatic carbocycles. The zero-order valence-corrected chi connectivity index (χ0v) is 13.2. The summed E-state index contributed by atoms with van der Waals surface area (Å²) in [6.45, 7) is 5.84. The summed E-state index contributed by atoms with van der Waals surface area (Å²) in [6.07, 6.45) is 0.648. The average Bonchev–Trinajstić information content (AvgIpc) is 2.50. The van der Waals surface area contributed by atoms with Crippen molar-refractivity contribution in [2.75, 3.05) is 10.6 Å². The van der Waals surface area contributed by atoms with Crippen LogP contribution < -0.4 is 15.4 Å². The smallest absolute Gasteiger partial charge is 0.224 e. The number of rotatable bonds is 6. The SMILES string of the molecule is CCC(=O)Nc1ccc(Nc2ccc(OC(C)C)cc2)cc1. The lowest BCUT2D eigenvalue weighted by atomic mass is 10.2. The van der Waals surface area contributed by atoms with E-state index < -0.39 is 0 Å². The van der Waals surface area contributed by atoms with Gasteiger partial charge in [0, 0.05) is 23.5 Å². The van der Waals surface area contributed by atoms with E-state index in [1.165, 1.54) is 0 Å². The number of benzene rings is 2. The van der Waals surface area contributed by atoms with Crippen LogP contribution in [0, 0.1) is 0 Å². The molecule has 4 heteroatoms. The van der Waals surface area contributed by atoms with Crippen LogP contribution >= 0.6 is 0 Å². The number of ether oxygens (including phenoxy) is 1. The second-order valence-corrected chi connectivity index (χ2v) is 5.30. The van der Waals surface area contributed by atoms with Crippen LogP contribution in [-0.4, -0.2) is 12.0 Å². The van der Waals surface area contributed by atoms with Crippen molar-refractivity contribution in [1.29, 1.82) is 0 Å². The van der Waals surface area contributed by atoms with Crippen LogP contribution in [0.15, 0.2) is 48.5 Å². The lowest BCUT2D eigenvalue weighted by molar-refractivity contribution is -0.115. The Labute approximate surface area is 131 Å². The fraction of sp³-hybridized carbons (Fsp3) is 0.278. The normalized spacial score (nSPS) is 10.4. The summed E-state index contributed by atoms with van der Waals surface area (Å²) >= 11 is 0. The van der Waals surface area contributed by atoms with Crippen LogP contribution in [0.5, 0.6) is 5.75 Å². The van der Waals surface area contributed by atoms with Gasteiger partial charge in [-0.2, -0.15) is 0 Å². The molecule has 0 aliphatic rings. The third kappa shape index (κ3) is 4.81. The first-order valence-corrected chi connectivity index (χ1v) is 7.50. The Balaban J connectivity index is 1.97. The highest BCUT2D eigenvalue weighted by Crippen LogP contribution is 2.22. The van der Waals surface area contributed by atoms with Gasteiger partial charge in [-0.25, -0.2) is 0 Å². The van der Waals surface area contributed by atoms with E-state index in [0.29, 0.717) is 6.42 Å². The second kappa shape index (κ2) is 7.50. The highest BCUT2D eigenvalue weighted by molar-refractivity contribution is 5.90. The van der Waals surface area contributed by atoms with E-state index in [1.54, 1.807) is 0 Å². The predicted molar refractivity (Wildman–Crippen MR) is 90.9 cm³/mol. The molecule has 2 N–H and O–H groups in total. The molecule has 0 unspecified atom stereocenters. The third-order valence-corrected chi connectivity index (χ3v) is 3.00. The molecule has 2 aromatic carbocycles. The minimum absolute atomic E-state index is 0.0152. The second-order valence-electron chi connectivity index (χ2n) is 5.30. The minimum atomic E-state index is 0.0152. The maximum Gasteiger partial charge on any atom is 0.224 e. The van der Waals surface area contributed by atoms with Gasteiger partial charge < -0.3 is 15.4 Å². The summed E-state index contributed by atoms with van der Waals surface area (Å²) in [6, 6.07) is 15.5. The Morgan fingerprint density at radius 2 is 1.45 bits per heavy atom. The Morgan fingerprint density at radius 1 is 0.955 bits per heavy atom. The van der Waals surface area contributed by atoms with Gasteiger partial charge in [-0.3, -0.25) is 4.79 Å². The summed E-state index contributed by atoms with van der Waals surface area (Å²) in [5.41, 5.74) is 2.76.